The molecule has 2 N–H and O–H groups in total. The number of hydrogen-bond donors (Lipinski definition) is 2. The molecule has 3 aromatic heterocycles. The number of aliphatic hydroxyl groups excluding tert-OH is 1. The van der Waals surface area contributed by atoms with E-state index in [0.717, 1.165) is 0 Å². The summed E-state index contributed by atoms with van der Waals surface area (Å²) in [7, 11) is 4.58. The Morgan fingerprint density at radius 3 is 2.83 bits per heavy atom. The third-order valence-electron chi connectivity index (χ3n) is 4.63. The summed E-state index contributed by atoms with van der Waals surface area (Å²) in [6, 6.07) is 1.66. The summed E-state index contributed by atoms with van der Waals surface area (Å²) in [5.74, 6) is 0.0968. The van der Waals surface area contributed by atoms with Crippen LogP contribution in [0.5, 0.6) is 5.75 Å². The van der Waals surface area contributed by atoms with Crippen LogP contribution in [0, 0.1) is 5.82 Å². The molecule has 0 saturated carbocycles. The van der Waals surface area contributed by atoms with E-state index in [0.29, 0.717) is 16.8 Å². The molecular weight excluding hydrogens is 403 g/mol. The third-order valence-corrected chi connectivity index (χ3v) is 4.99. The molecule has 0 unspecified atom stereocenters. The van der Waals surface area contributed by atoms with Crippen LogP contribution in [-0.2, 0) is 11.8 Å². The fraction of sp³-hybridized carbons (Fsp3) is 0.278. The van der Waals surface area contributed by atoms with E-state index in [4.69, 9.17) is 21.1 Å². The average Bonchev–Trinajstić information content (AvgIpc) is 3.43. The van der Waals surface area contributed by atoms with Gasteiger partial charge in [0.05, 0.1) is 31.2 Å². The standard InChI is InChI=1S/C18H18ClFN6O3/c1-25-14-9(6-11(29-3)12(19)13(14)20)15(26-5-4-21-8-26)16(25)18-22-17(23-24-18)10(27)7-28-2/h4-6,8,10,27H,7H2,1-3H3,(H,22,23,24)/t10-/m0/s1. The summed E-state index contributed by atoms with van der Waals surface area (Å²) in [5.41, 5.74) is 1.37. The Hall–Kier alpha value is -2.95. The Kier molecular flexibility index (Phi) is 4.99. The Bertz CT molecular complexity index is 1170. The normalized spacial score (nSPS) is 12.6. The van der Waals surface area contributed by atoms with Gasteiger partial charge in [0, 0.05) is 31.9 Å². The minimum absolute atomic E-state index is 0.0551. The van der Waals surface area contributed by atoms with Gasteiger partial charge in [0.25, 0.3) is 0 Å². The largest absolute Gasteiger partial charge is 0.495 e. The lowest BCUT2D eigenvalue weighted by atomic mass is 10.2. The Morgan fingerprint density at radius 1 is 1.38 bits per heavy atom. The van der Waals surface area contributed by atoms with Gasteiger partial charge in [-0.2, -0.15) is 5.10 Å². The van der Waals surface area contributed by atoms with E-state index in [9.17, 15) is 5.11 Å². The van der Waals surface area contributed by atoms with Gasteiger partial charge in [-0.15, -0.1) is 0 Å². The molecule has 0 radical (unpaired) electrons. The Morgan fingerprint density at radius 2 is 2.17 bits per heavy atom. The highest BCUT2D eigenvalue weighted by molar-refractivity contribution is 6.33. The van der Waals surface area contributed by atoms with E-state index in [1.54, 1.807) is 41.0 Å². The molecule has 1 atom stereocenters. The predicted molar refractivity (Wildman–Crippen MR) is 104 cm³/mol. The van der Waals surface area contributed by atoms with Crippen molar-refractivity contribution in [3.63, 3.8) is 0 Å². The monoisotopic (exact) mass is 420 g/mol. The molecule has 0 bridgehead atoms. The molecule has 4 rings (SSSR count). The zero-order valence-corrected chi connectivity index (χ0v) is 16.6. The number of aromatic amines is 1. The molecule has 11 heteroatoms. The van der Waals surface area contributed by atoms with Gasteiger partial charge in [0.15, 0.2) is 17.5 Å². The van der Waals surface area contributed by atoms with Crippen LogP contribution < -0.4 is 4.74 Å². The van der Waals surface area contributed by atoms with E-state index in [1.165, 1.54) is 14.2 Å². The molecule has 1 aromatic carbocycles. The number of halogens is 2. The van der Waals surface area contributed by atoms with E-state index in [1.807, 2.05) is 0 Å². The second-order valence-corrected chi connectivity index (χ2v) is 6.72. The van der Waals surface area contributed by atoms with Crippen molar-refractivity contribution in [3.05, 3.63) is 41.5 Å². The molecule has 4 aromatic rings. The number of fused-ring (bicyclic) bond motifs is 1. The van der Waals surface area contributed by atoms with Gasteiger partial charge < -0.3 is 23.7 Å². The number of hydrogen-bond acceptors (Lipinski definition) is 6. The highest BCUT2D eigenvalue weighted by atomic mass is 35.5. The average molecular weight is 421 g/mol. The molecule has 152 valence electrons. The van der Waals surface area contributed by atoms with Crippen molar-refractivity contribution >= 4 is 22.5 Å². The fourth-order valence-corrected chi connectivity index (χ4v) is 3.54. The molecule has 0 aliphatic heterocycles. The van der Waals surface area contributed by atoms with E-state index < -0.39 is 11.9 Å². The van der Waals surface area contributed by atoms with Crippen LogP contribution in [-0.4, -0.2) is 55.2 Å². The number of nitrogens with zero attached hydrogens (tertiary/aromatic N) is 5. The number of ether oxygens (including phenoxy) is 2. The van der Waals surface area contributed by atoms with E-state index in [2.05, 4.69) is 20.2 Å². The minimum Gasteiger partial charge on any atom is -0.495 e. The van der Waals surface area contributed by atoms with Crippen LogP contribution in [0.2, 0.25) is 5.02 Å². The van der Waals surface area contributed by atoms with E-state index in [-0.39, 0.29) is 34.5 Å². The molecule has 0 aliphatic rings. The predicted octanol–water partition coefficient (Wildman–Crippen LogP) is 2.63. The van der Waals surface area contributed by atoms with Gasteiger partial charge in [-0.3, -0.25) is 5.10 Å². The van der Waals surface area contributed by atoms with Crippen LogP contribution >= 0.6 is 11.6 Å². The number of imidazole rings is 1. The lowest BCUT2D eigenvalue weighted by molar-refractivity contribution is 0.0590. The van der Waals surface area contributed by atoms with Crippen LogP contribution in [0.3, 0.4) is 0 Å². The van der Waals surface area contributed by atoms with Crippen molar-refractivity contribution in [2.45, 2.75) is 6.10 Å². The molecule has 0 saturated heterocycles. The minimum atomic E-state index is -0.973. The van der Waals surface area contributed by atoms with Crippen molar-refractivity contribution in [1.82, 2.24) is 29.3 Å². The Balaban J connectivity index is 2.03. The van der Waals surface area contributed by atoms with Crippen LogP contribution in [0.25, 0.3) is 28.1 Å². The number of methoxy groups -OCH3 is 2. The quantitative estimate of drug-likeness (QED) is 0.497. The van der Waals surface area contributed by atoms with Crippen molar-refractivity contribution in [1.29, 1.82) is 0 Å². The summed E-state index contributed by atoms with van der Waals surface area (Å²) in [4.78, 5) is 8.47. The SMILES string of the molecule is COC[C@H](O)c1nc(-c2c(-n3ccnc3)c3cc(OC)c(Cl)c(F)c3n2C)n[nH]1. The second-order valence-electron chi connectivity index (χ2n) is 6.34. The summed E-state index contributed by atoms with van der Waals surface area (Å²) in [6.45, 7) is 0.0551. The van der Waals surface area contributed by atoms with E-state index >= 15 is 4.39 Å². The molecular formula is C18H18ClFN6O3. The van der Waals surface area contributed by atoms with Crippen LogP contribution in [0.4, 0.5) is 4.39 Å². The molecule has 3 heterocycles. The summed E-state index contributed by atoms with van der Waals surface area (Å²) >= 11 is 6.14. The maximum Gasteiger partial charge on any atom is 0.200 e. The molecule has 0 amide bonds. The highest BCUT2D eigenvalue weighted by Crippen LogP contribution is 2.41. The zero-order chi connectivity index (χ0) is 20.7. The van der Waals surface area contributed by atoms with Crippen molar-refractivity contribution in [2.75, 3.05) is 20.8 Å². The summed E-state index contributed by atoms with van der Waals surface area (Å²) in [6.07, 6.45) is 3.95. The zero-order valence-electron chi connectivity index (χ0n) is 15.8. The first-order valence-corrected chi connectivity index (χ1v) is 8.98. The first-order valence-electron chi connectivity index (χ1n) is 8.60. The Labute approximate surface area is 169 Å². The fourth-order valence-electron chi connectivity index (χ4n) is 3.32. The number of aromatic nitrogens is 6. The van der Waals surface area contributed by atoms with Gasteiger partial charge >= 0.3 is 0 Å². The lowest BCUT2D eigenvalue weighted by Crippen LogP contribution is -2.07. The molecule has 0 fully saturated rings. The third kappa shape index (κ3) is 3.05. The molecule has 29 heavy (non-hydrogen) atoms. The maximum absolute atomic E-state index is 15.1. The summed E-state index contributed by atoms with van der Waals surface area (Å²) in [5, 5.41) is 17.5. The number of aliphatic hydroxyl groups is 1. The summed E-state index contributed by atoms with van der Waals surface area (Å²) < 4.78 is 28.7. The van der Waals surface area contributed by atoms with Crippen molar-refractivity contribution in [3.8, 4) is 23.0 Å². The second kappa shape index (κ2) is 7.47. The maximum atomic E-state index is 15.1. The number of benzene rings is 1. The van der Waals surface area contributed by atoms with Gasteiger partial charge in [0.1, 0.15) is 22.6 Å². The topological polar surface area (TPSA) is 103 Å². The molecule has 0 aliphatic carbocycles. The lowest BCUT2D eigenvalue weighted by Gasteiger charge is -2.07. The highest BCUT2D eigenvalue weighted by Gasteiger charge is 2.27. The first-order chi connectivity index (χ1) is 14.0. The van der Waals surface area contributed by atoms with Gasteiger partial charge in [-0.05, 0) is 6.07 Å². The van der Waals surface area contributed by atoms with Crippen LogP contribution in [0.15, 0.2) is 24.8 Å². The molecule has 0 spiro atoms. The number of aryl methyl sites for hydroxylation is 1. The van der Waals surface area contributed by atoms with Gasteiger partial charge in [-0.25, -0.2) is 14.4 Å². The smallest absolute Gasteiger partial charge is 0.200 e. The van der Waals surface area contributed by atoms with Crippen molar-refractivity contribution in [2.24, 2.45) is 7.05 Å². The number of nitrogens with one attached hydrogen (secondary N) is 1. The van der Waals surface area contributed by atoms with Crippen LogP contribution in [0.1, 0.15) is 11.9 Å². The number of rotatable bonds is 6. The number of H-pyrrole nitrogens is 1. The van der Waals surface area contributed by atoms with Gasteiger partial charge in [-0.1, -0.05) is 11.6 Å². The molecule has 9 nitrogen and oxygen atoms in total. The van der Waals surface area contributed by atoms with Crippen molar-refractivity contribution < 1.29 is 19.0 Å². The van der Waals surface area contributed by atoms with Gasteiger partial charge in [0.2, 0.25) is 0 Å². The first kappa shape index (κ1) is 19.4.